The van der Waals surface area contributed by atoms with Gasteiger partial charge in [-0.2, -0.15) is 0 Å². The first-order valence-electron chi connectivity index (χ1n) is 12.1. The Morgan fingerprint density at radius 2 is 1.88 bits per heavy atom. The molecule has 0 aliphatic rings. The van der Waals surface area contributed by atoms with Crippen molar-refractivity contribution in [1.29, 1.82) is 0 Å². The Labute approximate surface area is 237 Å². The number of carbonyl (C=O) groups excluding carboxylic acids is 2. The van der Waals surface area contributed by atoms with E-state index in [1.54, 1.807) is 18.2 Å². The van der Waals surface area contributed by atoms with Crippen molar-refractivity contribution in [3.05, 3.63) is 88.1 Å². The fourth-order valence-corrected chi connectivity index (χ4v) is 4.31. The second kappa shape index (κ2) is 12.7. The molecule has 41 heavy (non-hydrogen) atoms. The highest BCUT2D eigenvalue weighted by Gasteiger charge is 2.25. The monoisotopic (exact) mass is 586 g/mol. The number of imidazole rings is 1. The van der Waals surface area contributed by atoms with Crippen LogP contribution in [0.1, 0.15) is 35.1 Å². The Morgan fingerprint density at radius 1 is 1.10 bits per heavy atom. The maximum absolute atomic E-state index is 13.5. The molecule has 0 bridgehead atoms. The predicted molar refractivity (Wildman–Crippen MR) is 147 cm³/mol. The van der Waals surface area contributed by atoms with Crippen LogP contribution in [0.2, 0.25) is 5.02 Å². The van der Waals surface area contributed by atoms with Gasteiger partial charge in [-0.3, -0.25) is 19.0 Å². The first-order chi connectivity index (χ1) is 19.6. The minimum atomic E-state index is -2.77. The van der Waals surface area contributed by atoms with Gasteiger partial charge in [-0.25, -0.2) is 18.7 Å². The second-order valence-corrected chi connectivity index (χ2v) is 9.19. The normalized spacial score (nSPS) is 11.9. The Hall–Kier alpha value is -4.62. The summed E-state index contributed by atoms with van der Waals surface area (Å²) in [6.45, 7) is 0.152. The molecule has 1 unspecified atom stereocenters. The number of hydrogen-bond acceptors (Lipinski definition) is 7. The lowest BCUT2D eigenvalue weighted by Gasteiger charge is -2.21. The highest BCUT2D eigenvalue weighted by atomic mass is 35.5. The number of anilines is 1. The number of hydrogen-bond donors (Lipinski definition) is 2. The first kappa shape index (κ1) is 29.4. The molecule has 4 aromatic rings. The molecule has 3 heterocycles. The molecule has 0 radical (unpaired) electrons. The molecule has 3 aromatic heterocycles. The number of carbonyl (C=O) groups is 2. The summed E-state index contributed by atoms with van der Waals surface area (Å²) in [5.74, 6) is -1.05. The number of nitrogens with zero attached hydrogens (tertiary/aromatic N) is 4. The summed E-state index contributed by atoms with van der Waals surface area (Å²) in [6.07, 6.45) is 2.44. The molecule has 0 saturated carbocycles. The lowest BCUT2D eigenvalue weighted by Crippen LogP contribution is -2.34. The minimum Gasteiger partial charge on any atom is -0.495 e. The van der Waals surface area contributed by atoms with Gasteiger partial charge >= 0.3 is 0 Å². The fourth-order valence-electron chi connectivity index (χ4n) is 4.14. The van der Waals surface area contributed by atoms with Gasteiger partial charge in [-0.1, -0.05) is 11.6 Å². The fraction of sp³-hybridized carbons (Fsp3) is 0.222. The van der Waals surface area contributed by atoms with E-state index in [-0.39, 0.29) is 30.2 Å². The summed E-state index contributed by atoms with van der Waals surface area (Å²) in [7, 11) is 2.85. The van der Waals surface area contributed by atoms with E-state index in [1.165, 1.54) is 66.5 Å². The van der Waals surface area contributed by atoms with Crippen molar-refractivity contribution in [2.75, 3.05) is 26.1 Å². The van der Waals surface area contributed by atoms with Crippen molar-refractivity contribution in [2.45, 2.75) is 18.9 Å². The highest BCUT2D eigenvalue weighted by Crippen LogP contribution is 2.36. The number of nitrogens with two attached hydrogens (primary N) is 1. The molecule has 0 spiro atoms. The number of benzene rings is 1. The van der Waals surface area contributed by atoms with Crippen molar-refractivity contribution >= 4 is 29.1 Å². The number of ether oxygens (including phenoxy) is 2. The number of amides is 2. The van der Waals surface area contributed by atoms with Crippen LogP contribution >= 0.6 is 11.6 Å². The third-order valence-electron chi connectivity index (χ3n) is 6.13. The molecule has 1 atom stereocenters. The summed E-state index contributed by atoms with van der Waals surface area (Å²) in [4.78, 5) is 45.7. The Balaban J connectivity index is 1.75. The molecule has 2 amide bonds. The molecular formula is C27H25ClF2N6O5. The topological polar surface area (TPSA) is 143 Å². The van der Waals surface area contributed by atoms with Crippen molar-refractivity contribution in [1.82, 2.24) is 19.1 Å². The molecule has 1 aromatic carbocycles. The average Bonchev–Trinajstić information content (AvgIpc) is 3.44. The van der Waals surface area contributed by atoms with Gasteiger partial charge in [0.05, 0.1) is 37.2 Å². The van der Waals surface area contributed by atoms with Gasteiger partial charge in [0.2, 0.25) is 5.91 Å². The molecule has 3 N–H and O–H groups in total. The van der Waals surface area contributed by atoms with Crippen LogP contribution < -0.4 is 21.3 Å². The van der Waals surface area contributed by atoms with Crippen LogP contribution in [0.25, 0.3) is 16.8 Å². The van der Waals surface area contributed by atoms with Crippen LogP contribution in [0, 0.1) is 0 Å². The number of alkyl halides is 2. The van der Waals surface area contributed by atoms with E-state index in [0.29, 0.717) is 21.8 Å². The van der Waals surface area contributed by atoms with E-state index in [1.807, 2.05) is 0 Å². The van der Waals surface area contributed by atoms with Gasteiger partial charge in [0.25, 0.3) is 17.9 Å². The van der Waals surface area contributed by atoms with E-state index in [4.69, 9.17) is 26.8 Å². The summed E-state index contributed by atoms with van der Waals surface area (Å²) in [5, 5.41) is 3.01. The van der Waals surface area contributed by atoms with E-state index in [2.05, 4.69) is 15.3 Å². The summed E-state index contributed by atoms with van der Waals surface area (Å²) in [6, 6.07) is 7.81. The molecule has 0 saturated heterocycles. The van der Waals surface area contributed by atoms with E-state index in [9.17, 15) is 23.2 Å². The van der Waals surface area contributed by atoms with E-state index >= 15 is 0 Å². The average molecular weight is 587 g/mol. The SMILES string of the molecule is COCCC(C(=O)Nc1ccc(C(N)=O)nc1)n1cc(OC)c(-c2cc(Cl)ccc2-n2cnc(C(F)F)c2)cc1=O. The van der Waals surface area contributed by atoms with Crippen LogP contribution in [-0.2, 0) is 9.53 Å². The summed E-state index contributed by atoms with van der Waals surface area (Å²) in [5.41, 5.74) is 5.70. The van der Waals surface area contributed by atoms with Gasteiger partial charge in [-0.15, -0.1) is 0 Å². The smallest absolute Gasteiger partial charge is 0.281 e. The number of nitrogens with one attached hydrogen (secondary N) is 1. The van der Waals surface area contributed by atoms with Gasteiger partial charge in [0.15, 0.2) is 0 Å². The van der Waals surface area contributed by atoms with Crippen LogP contribution in [0.4, 0.5) is 14.5 Å². The molecule has 0 aliphatic carbocycles. The van der Waals surface area contributed by atoms with Gasteiger partial charge in [-0.05, 0) is 30.3 Å². The standard InChI is InChI=1S/C27H25ClF2N6O5/c1-40-8-7-22(27(39)34-16-4-5-19(26(31)38)32-11-16)36-13-23(41-2)18(10-24(36)37)17-9-15(28)3-6-21(17)35-12-20(25(29)30)33-14-35/h3-6,9-14,22,25H,7-8H2,1-2H3,(H2,31,38)(H,34,39). The van der Waals surface area contributed by atoms with Crippen LogP contribution in [0.5, 0.6) is 5.75 Å². The van der Waals surface area contributed by atoms with E-state index in [0.717, 1.165) is 0 Å². The first-order valence-corrected chi connectivity index (χ1v) is 12.5. The number of pyridine rings is 2. The highest BCUT2D eigenvalue weighted by molar-refractivity contribution is 6.31. The maximum atomic E-state index is 13.5. The van der Waals surface area contributed by atoms with Gasteiger partial charge in [0.1, 0.15) is 23.2 Å². The van der Waals surface area contributed by atoms with Crippen molar-refractivity contribution in [3.63, 3.8) is 0 Å². The zero-order chi connectivity index (χ0) is 29.7. The Bertz CT molecular complexity index is 1620. The molecule has 11 nitrogen and oxygen atoms in total. The number of aromatic nitrogens is 4. The molecular weight excluding hydrogens is 562 g/mol. The Morgan fingerprint density at radius 3 is 2.49 bits per heavy atom. The lowest BCUT2D eigenvalue weighted by molar-refractivity contribution is -0.119. The number of halogens is 3. The van der Waals surface area contributed by atoms with E-state index < -0.39 is 35.5 Å². The molecule has 4 rings (SSSR count). The lowest BCUT2D eigenvalue weighted by atomic mass is 10.0. The Kier molecular flexibility index (Phi) is 9.10. The van der Waals surface area contributed by atoms with Crippen molar-refractivity contribution < 1.29 is 27.8 Å². The minimum absolute atomic E-state index is 0.0250. The molecule has 0 fully saturated rings. The van der Waals surface area contributed by atoms with Crippen LogP contribution in [0.15, 0.2) is 66.1 Å². The summed E-state index contributed by atoms with van der Waals surface area (Å²) < 4.78 is 39.7. The number of methoxy groups -OCH3 is 2. The third kappa shape index (κ3) is 6.58. The van der Waals surface area contributed by atoms with Crippen LogP contribution in [-0.4, -0.2) is 51.7 Å². The zero-order valence-electron chi connectivity index (χ0n) is 21.9. The maximum Gasteiger partial charge on any atom is 0.281 e. The second-order valence-electron chi connectivity index (χ2n) is 8.75. The molecule has 214 valence electrons. The van der Waals surface area contributed by atoms with Crippen LogP contribution in [0.3, 0.4) is 0 Å². The van der Waals surface area contributed by atoms with Gasteiger partial charge < -0.3 is 25.1 Å². The molecule has 0 aliphatic heterocycles. The van der Waals surface area contributed by atoms with Crippen molar-refractivity contribution in [2.24, 2.45) is 5.73 Å². The van der Waals surface area contributed by atoms with Crippen molar-refractivity contribution in [3.8, 4) is 22.6 Å². The zero-order valence-corrected chi connectivity index (χ0v) is 22.6. The number of rotatable bonds is 11. The molecule has 14 heteroatoms. The quantitative estimate of drug-likeness (QED) is 0.270. The van der Waals surface area contributed by atoms with Gasteiger partial charge in [0, 0.05) is 48.6 Å². The third-order valence-corrected chi connectivity index (χ3v) is 6.37. The summed E-state index contributed by atoms with van der Waals surface area (Å²) >= 11 is 6.26. The number of primary amides is 1. The predicted octanol–water partition coefficient (Wildman–Crippen LogP) is 4.01. The largest absolute Gasteiger partial charge is 0.495 e.